The predicted octanol–water partition coefficient (Wildman–Crippen LogP) is 2.95. The third kappa shape index (κ3) is 6.56. The zero-order valence-corrected chi connectivity index (χ0v) is 15.0. The minimum absolute atomic E-state index is 0.297. The monoisotopic (exact) mass is 372 g/mol. The van der Waals surface area contributed by atoms with Crippen molar-refractivity contribution in [3.05, 3.63) is 71.8 Å². The molecule has 0 spiro atoms. The van der Waals surface area contributed by atoms with Gasteiger partial charge in [0.15, 0.2) is 6.79 Å². The molecular weight excluding hydrogens is 352 g/mol. The van der Waals surface area contributed by atoms with Crippen molar-refractivity contribution in [3.8, 4) is 0 Å². The molecule has 0 aliphatic carbocycles. The molecule has 0 fully saturated rings. The van der Waals surface area contributed by atoms with Crippen LogP contribution in [0, 0.1) is 0 Å². The van der Waals surface area contributed by atoms with E-state index in [1.54, 1.807) is 60.7 Å². The topological polar surface area (TPSA) is 88.1 Å². The highest BCUT2D eigenvalue weighted by atomic mass is 16.7. The van der Waals surface area contributed by atoms with Crippen molar-refractivity contribution >= 4 is 17.9 Å². The average Bonchev–Trinajstić information content (AvgIpc) is 2.68. The largest absolute Gasteiger partial charge is 0.439 e. The van der Waals surface area contributed by atoms with Crippen molar-refractivity contribution < 1.29 is 33.3 Å². The fourth-order valence-electron chi connectivity index (χ4n) is 2.01. The maximum Gasteiger partial charge on any atom is 0.341 e. The van der Waals surface area contributed by atoms with Crippen molar-refractivity contribution in [1.82, 2.24) is 0 Å². The van der Waals surface area contributed by atoms with E-state index >= 15 is 0 Å². The van der Waals surface area contributed by atoms with E-state index in [0.29, 0.717) is 11.1 Å². The summed E-state index contributed by atoms with van der Waals surface area (Å²) in [6.07, 6.45) is -2.20. The number of hydrogen-bond acceptors (Lipinski definition) is 7. The highest BCUT2D eigenvalue weighted by Gasteiger charge is 2.28. The Morgan fingerprint density at radius 1 is 0.815 bits per heavy atom. The zero-order valence-electron chi connectivity index (χ0n) is 15.0. The minimum Gasteiger partial charge on any atom is -0.439 e. The van der Waals surface area contributed by atoms with Gasteiger partial charge in [-0.15, -0.1) is 0 Å². The molecule has 0 radical (unpaired) electrons. The maximum absolute atomic E-state index is 12.3. The van der Waals surface area contributed by atoms with Crippen molar-refractivity contribution in [2.45, 2.75) is 26.2 Å². The Morgan fingerprint density at radius 2 is 1.26 bits per heavy atom. The van der Waals surface area contributed by atoms with E-state index in [4.69, 9.17) is 18.9 Å². The Morgan fingerprint density at radius 3 is 1.67 bits per heavy atom. The van der Waals surface area contributed by atoms with Crippen molar-refractivity contribution in [2.24, 2.45) is 0 Å². The number of benzene rings is 2. The molecule has 0 aliphatic heterocycles. The number of carbonyl (C=O) groups excluding carboxylic acids is 3. The Balaban J connectivity index is 2.08. The summed E-state index contributed by atoms with van der Waals surface area (Å²) in [7, 11) is 0. The van der Waals surface area contributed by atoms with E-state index in [1.165, 1.54) is 13.8 Å². The van der Waals surface area contributed by atoms with Crippen molar-refractivity contribution in [1.29, 1.82) is 0 Å². The van der Waals surface area contributed by atoms with Crippen LogP contribution in [0.2, 0.25) is 0 Å². The lowest BCUT2D eigenvalue weighted by Crippen LogP contribution is -2.36. The van der Waals surface area contributed by atoms with Gasteiger partial charge in [0, 0.05) is 6.92 Å². The Kier molecular flexibility index (Phi) is 7.51. The Hall–Kier alpha value is -3.19. The lowest BCUT2D eigenvalue weighted by molar-refractivity contribution is -0.187. The first-order valence-electron chi connectivity index (χ1n) is 8.24. The molecule has 2 rings (SSSR count). The lowest BCUT2D eigenvalue weighted by atomic mass is 10.2. The standard InChI is InChI=1S/C20H20O7/c1-14(24-13-25-15(2)21)20(26-18(22)16-9-5-3-6-10-16)27-19(23)17-11-7-4-8-12-17/h3-12,14,20H,13H2,1-2H3. The first-order chi connectivity index (χ1) is 13.0. The summed E-state index contributed by atoms with van der Waals surface area (Å²) in [6, 6.07) is 16.5. The van der Waals surface area contributed by atoms with Gasteiger partial charge in [-0.05, 0) is 31.2 Å². The number of carbonyl (C=O) groups is 3. The molecule has 7 nitrogen and oxygen atoms in total. The molecule has 2 aromatic carbocycles. The molecule has 1 atom stereocenters. The summed E-state index contributed by atoms with van der Waals surface area (Å²) in [5.74, 6) is -1.88. The van der Waals surface area contributed by atoms with Crippen LogP contribution in [0.3, 0.4) is 0 Å². The molecule has 2 aromatic rings. The van der Waals surface area contributed by atoms with E-state index in [1.807, 2.05) is 0 Å². The van der Waals surface area contributed by atoms with Gasteiger partial charge in [-0.3, -0.25) is 4.79 Å². The van der Waals surface area contributed by atoms with Gasteiger partial charge in [0.25, 0.3) is 6.29 Å². The van der Waals surface area contributed by atoms with Crippen LogP contribution < -0.4 is 0 Å². The summed E-state index contributed by atoms with van der Waals surface area (Å²) in [4.78, 5) is 35.5. The van der Waals surface area contributed by atoms with E-state index in [0.717, 1.165) is 0 Å². The molecule has 7 heteroatoms. The van der Waals surface area contributed by atoms with Crippen LogP contribution in [0.5, 0.6) is 0 Å². The molecule has 0 amide bonds. The lowest BCUT2D eigenvalue weighted by Gasteiger charge is -2.24. The third-order valence-electron chi connectivity index (χ3n) is 3.44. The van der Waals surface area contributed by atoms with Crippen molar-refractivity contribution in [2.75, 3.05) is 6.79 Å². The van der Waals surface area contributed by atoms with Crippen molar-refractivity contribution in [3.63, 3.8) is 0 Å². The number of rotatable bonds is 8. The second-order valence-electron chi connectivity index (χ2n) is 5.54. The Labute approximate surface area is 156 Å². The number of esters is 3. The van der Waals surface area contributed by atoms with E-state index in [-0.39, 0.29) is 6.79 Å². The molecule has 142 valence electrons. The smallest absolute Gasteiger partial charge is 0.341 e. The summed E-state index contributed by atoms with van der Waals surface area (Å²) in [6.45, 7) is 2.40. The quantitative estimate of drug-likeness (QED) is 0.520. The predicted molar refractivity (Wildman–Crippen MR) is 94.7 cm³/mol. The van der Waals surface area contributed by atoms with E-state index in [2.05, 4.69) is 0 Å². The van der Waals surface area contributed by atoms with Crippen LogP contribution in [0.25, 0.3) is 0 Å². The molecule has 27 heavy (non-hydrogen) atoms. The molecule has 0 saturated carbocycles. The summed E-state index contributed by atoms with van der Waals surface area (Å²) in [5, 5.41) is 0. The van der Waals surface area contributed by atoms with Gasteiger partial charge in [-0.2, -0.15) is 0 Å². The van der Waals surface area contributed by atoms with Crippen LogP contribution in [-0.2, 0) is 23.7 Å². The molecule has 0 aromatic heterocycles. The highest BCUT2D eigenvalue weighted by molar-refractivity contribution is 5.91. The minimum atomic E-state index is -1.33. The average molecular weight is 372 g/mol. The molecule has 0 aliphatic rings. The number of hydrogen-bond donors (Lipinski definition) is 0. The van der Waals surface area contributed by atoms with Gasteiger partial charge >= 0.3 is 17.9 Å². The first-order valence-corrected chi connectivity index (χ1v) is 8.24. The van der Waals surface area contributed by atoms with Gasteiger partial charge in [-0.25, -0.2) is 9.59 Å². The zero-order chi connectivity index (χ0) is 19.6. The van der Waals surface area contributed by atoms with Gasteiger partial charge in [0.2, 0.25) is 0 Å². The molecule has 0 saturated heterocycles. The summed E-state index contributed by atoms with van der Waals surface area (Å²) >= 11 is 0. The molecule has 0 heterocycles. The molecule has 1 unspecified atom stereocenters. The van der Waals surface area contributed by atoms with Crippen LogP contribution in [0.1, 0.15) is 34.6 Å². The maximum atomic E-state index is 12.3. The summed E-state index contributed by atoms with van der Waals surface area (Å²) < 4.78 is 20.6. The molecule has 0 bridgehead atoms. The fourth-order valence-corrected chi connectivity index (χ4v) is 2.01. The summed E-state index contributed by atoms with van der Waals surface area (Å²) in [5.41, 5.74) is 0.593. The van der Waals surface area contributed by atoms with E-state index < -0.39 is 30.3 Å². The molecule has 0 N–H and O–H groups in total. The first kappa shape index (κ1) is 20.1. The third-order valence-corrected chi connectivity index (χ3v) is 3.44. The van der Waals surface area contributed by atoms with Gasteiger partial charge in [0.05, 0.1) is 11.1 Å². The Bertz CT molecular complexity index is 705. The molecular formula is C20H20O7. The van der Waals surface area contributed by atoms with Gasteiger partial charge in [0.1, 0.15) is 6.10 Å². The SMILES string of the molecule is CC(=O)OCOC(C)C(OC(=O)c1ccccc1)OC(=O)c1ccccc1. The fraction of sp³-hybridized carbons (Fsp3) is 0.250. The van der Waals surface area contributed by atoms with Gasteiger partial charge < -0.3 is 18.9 Å². The van der Waals surface area contributed by atoms with E-state index in [9.17, 15) is 14.4 Å². The van der Waals surface area contributed by atoms with Crippen LogP contribution in [-0.4, -0.2) is 37.1 Å². The van der Waals surface area contributed by atoms with Crippen LogP contribution in [0.15, 0.2) is 60.7 Å². The second-order valence-corrected chi connectivity index (χ2v) is 5.54. The van der Waals surface area contributed by atoms with Gasteiger partial charge in [-0.1, -0.05) is 36.4 Å². The number of ether oxygens (including phenoxy) is 4. The van der Waals surface area contributed by atoms with Crippen LogP contribution in [0.4, 0.5) is 0 Å². The second kappa shape index (κ2) is 10.1. The van der Waals surface area contributed by atoms with Crippen LogP contribution >= 0.6 is 0 Å². The normalized spacial score (nSPS) is 11.5. The highest BCUT2D eigenvalue weighted by Crippen LogP contribution is 2.13.